The van der Waals surface area contributed by atoms with E-state index in [1.807, 2.05) is 20.8 Å². The van der Waals surface area contributed by atoms with E-state index in [1.54, 1.807) is 0 Å². The molecule has 0 aliphatic heterocycles. The van der Waals surface area contributed by atoms with Gasteiger partial charge in [-0.25, -0.2) is 0 Å². The Morgan fingerprint density at radius 3 is 2.52 bits per heavy atom. The summed E-state index contributed by atoms with van der Waals surface area (Å²) in [4.78, 5) is 17.0. The van der Waals surface area contributed by atoms with Gasteiger partial charge >= 0.3 is 0 Å². The van der Waals surface area contributed by atoms with Crippen LogP contribution in [-0.4, -0.2) is 47.7 Å². The van der Waals surface area contributed by atoms with Gasteiger partial charge in [0.05, 0.1) is 12.1 Å². The summed E-state index contributed by atoms with van der Waals surface area (Å²) in [6, 6.07) is 0.441. The molecule has 0 bridgehead atoms. The molecule has 2 fully saturated rings. The Morgan fingerprint density at radius 2 is 1.89 bits per heavy atom. The van der Waals surface area contributed by atoms with E-state index in [4.69, 9.17) is 0 Å². The fraction of sp³-hybridized carbons (Fsp3) is 0.900. The highest BCUT2D eigenvalue weighted by Crippen LogP contribution is 2.28. The van der Waals surface area contributed by atoms with Crippen molar-refractivity contribution in [2.45, 2.75) is 96.2 Å². The molecule has 0 saturated heterocycles. The average molecular weight is 494 g/mol. The van der Waals surface area contributed by atoms with Crippen LogP contribution in [0.4, 0.5) is 0 Å². The van der Waals surface area contributed by atoms with E-state index in [9.17, 15) is 9.90 Å². The first-order valence-corrected chi connectivity index (χ1v) is 10.5. The van der Waals surface area contributed by atoms with E-state index >= 15 is 0 Å². The van der Waals surface area contributed by atoms with Gasteiger partial charge in [-0.05, 0) is 52.9 Å². The van der Waals surface area contributed by atoms with Crippen LogP contribution in [0.3, 0.4) is 0 Å². The molecule has 7 heteroatoms. The highest BCUT2D eigenvalue weighted by atomic mass is 127. The van der Waals surface area contributed by atoms with E-state index in [-0.39, 0.29) is 47.9 Å². The lowest BCUT2D eigenvalue weighted by Gasteiger charge is -2.32. The number of carbonyl (C=O) groups excluding carboxylic acids is 1. The van der Waals surface area contributed by atoms with Crippen LogP contribution >= 0.6 is 24.0 Å². The first-order chi connectivity index (χ1) is 12.4. The van der Waals surface area contributed by atoms with Gasteiger partial charge in [-0.15, -0.1) is 24.0 Å². The molecule has 0 aromatic rings. The first kappa shape index (κ1) is 24.5. The van der Waals surface area contributed by atoms with Crippen molar-refractivity contribution in [3.05, 3.63) is 0 Å². The van der Waals surface area contributed by atoms with Crippen LogP contribution in [0.15, 0.2) is 4.99 Å². The van der Waals surface area contributed by atoms with Gasteiger partial charge in [0.1, 0.15) is 0 Å². The predicted molar refractivity (Wildman–Crippen MR) is 122 cm³/mol. The van der Waals surface area contributed by atoms with Crippen molar-refractivity contribution < 1.29 is 9.90 Å². The van der Waals surface area contributed by atoms with E-state index in [1.165, 1.54) is 6.42 Å². The normalized spacial score (nSPS) is 25.4. The van der Waals surface area contributed by atoms with Gasteiger partial charge in [0.15, 0.2) is 5.96 Å². The zero-order chi connectivity index (χ0) is 19.0. The molecule has 158 valence electrons. The number of nitrogens with one attached hydrogen (secondary N) is 3. The highest BCUT2D eigenvalue weighted by molar-refractivity contribution is 14.0. The Morgan fingerprint density at radius 1 is 1.19 bits per heavy atom. The molecule has 27 heavy (non-hydrogen) atoms. The zero-order valence-electron chi connectivity index (χ0n) is 17.2. The van der Waals surface area contributed by atoms with Crippen LogP contribution in [-0.2, 0) is 4.79 Å². The highest BCUT2D eigenvalue weighted by Gasteiger charge is 2.30. The minimum Gasteiger partial charge on any atom is -0.388 e. The van der Waals surface area contributed by atoms with E-state index < -0.39 is 5.60 Å². The zero-order valence-corrected chi connectivity index (χ0v) is 19.6. The monoisotopic (exact) mass is 494 g/mol. The summed E-state index contributed by atoms with van der Waals surface area (Å²) in [7, 11) is 0. The number of rotatable bonds is 6. The number of hydrogen-bond donors (Lipinski definition) is 4. The molecule has 2 saturated carbocycles. The maximum Gasteiger partial charge on any atom is 0.223 e. The lowest BCUT2D eigenvalue weighted by Crippen LogP contribution is -2.48. The SMILES string of the molecule is CCNC(=NCC1(O)CCCCC1)NC1CCCC(C(=O)NC(C)C)C1.I. The standard InChI is InChI=1S/C20H38N4O2.HI/c1-4-21-19(22-14-20(26)11-6-5-7-12-20)24-17-10-8-9-16(13-17)18(25)23-15(2)3;/h15-17,26H,4-14H2,1-3H3,(H,23,25)(H2,21,22,24);1H. The minimum atomic E-state index is -0.646. The second-order valence-corrected chi connectivity index (χ2v) is 8.35. The van der Waals surface area contributed by atoms with Crippen molar-refractivity contribution in [1.82, 2.24) is 16.0 Å². The Balaban J connectivity index is 0.00000364. The number of guanidine groups is 1. The van der Waals surface area contributed by atoms with Gasteiger partial charge in [-0.1, -0.05) is 25.7 Å². The molecule has 2 atom stereocenters. The van der Waals surface area contributed by atoms with E-state index in [0.29, 0.717) is 6.54 Å². The number of aliphatic imine (C=N–C) groups is 1. The van der Waals surface area contributed by atoms with Crippen LogP contribution in [0.5, 0.6) is 0 Å². The van der Waals surface area contributed by atoms with Gasteiger partial charge in [-0.2, -0.15) is 0 Å². The third kappa shape index (κ3) is 8.54. The van der Waals surface area contributed by atoms with Gasteiger partial charge in [-0.3, -0.25) is 9.79 Å². The van der Waals surface area contributed by atoms with Crippen LogP contribution in [0.1, 0.15) is 78.6 Å². The minimum absolute atomic E-state index is 0. The van der Waals surface area contributed by atoms with Crippen molar-refractivity contribution in [3.63, 3.8) is 0 Å². The van der Waals surface area contributed by atoms with Crippen LogP contribution in [0.2, 0.25) is 0 Å². The Bertz CT molecular complexity index is 479. The van der Waals surface area contributed by atoms with Crippen LogP contribution < -0.4 is 16.0 Å². The van der Waals surface area contributed by atoms with Crippen molar-refractivity contribution in [1.29, 1.82) is 0 Å². The molecule has 2 unspecified atom stereocenters. The Kier molecular flexibility index (Phi) is 11.0. The third-order valence-electron chi connectivity index (χ3n) is 5.48. The maximum absolute atomic E-state index is 12.3. The van der Waals surface area contributed by atoms with Gasteiger partial charge in [0.2, 0.25) is 5.91 Å². The summed E-state index contributed by atoms with van der Waals surface area (Å²) < 4.78 is 0. The van der Waals surface area contributed by atoms with E-state index in [0.717, 1.165) is 63.9 Å². The van der Waals surface area contributed by atoms with Crippen LogP contribution in [0.25, 0.3) is 0 Å². The number of carbonyl (C=O) groups is 1. The number of hydrogen-bond acceptors (Lipinski definition) is 3. The number of nitrogens with zero attached hydrogens (tertiary/aromatic N) is 1. The second kappa shape index (κ2) is 12.1. The molecule has 0 aromatic heterocycles. The summed E-state index contributed by atoms with van der Waals surface area (Å²) in [5.41, 5.74) is -0.646. The molecular weight excluding hydrogens is 455 g/mol. The molecule has 6 nitrogen and oxygen atoms in total. The molecule has 1 amide bonds. The van der Waals surface area contributed by atoms with Crippen molar-refractivity contribution in [2.75, 3.05) is 13.1 Å². The maximum atomic E-state index is 12.3. The largest absolute Gasteiger partial charge is 0.388 e. The quantitative estimate of drug-likeness (QED) is 0.260. The molecule has 2 rings (SSSR count). The number of amides is 1. The smallest absolute Gasteiger partial charge is 0.223 e. The van der Waals surface area contributed by atoms with E-state index in [2.05, 4.69) is 20.9 Å². The summed E-state index contributed by atoms with van der Waals surface area (Å²) in [6.07, 6.45) is 8.99. The fourth-order valence-electron chi connectivity index (χ4n) is 4.07. The van der Waals surface area contributed by atoms with Crippen LogP contribution in [0, 0.1) is 5.92 Å². The Labute approximate surface area is 181 Å². The lowest BCUT2D eigenvalue weighted by molar-refractivity contribution is -0.126. The van der Waals surface area contributed by atoms with Crippen molar-refractivity contribution >= 4 is 35.8 Å². The van der Waals surface area contributed by atoms with Gasteiger partial charge in [0, 0.05) is 24.5 Å². The number of halogens is 1. The van der Waals surface area contributed by atoms with Gasteiger partial charge < -0.3 is 21.1 Å². The molecule has 4 N–H and O–H groups in total. The average Bonchev–Trinajstić information content (AvgIpc) is 2.60. The van der Waals surface area contributed by atoms with Crippen molar-refractivity contribution in [2.24, 2.45) is 10.9 Å². The second-order valence-electron chi connectivity index (χ2n) is 8.35. The molecule has 0 radical (unpaired) electrons. The van der Waals surface area contributed by atoms with Crippen molar-refractivity contribution in [3.8, 4) is 0 Å². The first-order valence-electron chi connectivity index (χ1n) is 10.5. The summed E-state index contributed by atoms with van der Waals surface area (Å²) in [5, 5.41) is 20.5. The summed E-state index contributed by atoms with van der Waals surface area (Å²) in [6.45, 7) is 7.29. The topological polar surface area (TPSA) is 85.8 Å². The predicted octanol–water partition coefficient (Wildman–Crippen LogP) is 2.94. The molecule has 2 aliphatic carbocycles. The molecule has 0 aromatic carbocycles. The Hall–Kier alpha value is -0.570. The molecular formula is C20H39IN4O2. The lowest BCUT2D eigenvalue weighted by atomic mass is 9.85. The third-order valence-corrected chi connectivity index (χ3v) is 5.48. The summed E-state index contributed by atoms with van der Waals surface area (Å²) >= 11 is 0. The molecule has 0 heterocycles. The molecule has 2 aliphatic rings. The van der Waals surface area contributed by atoms with Gasteiger partial charge in [0.25, 0.3) is 0 Å². The summed E-state index contributed by atoms with van der Waals surface area (Å²) in [5.74, 6) is 1.01. The fourth-order valence-corrected chi connectivity index (χ4v) is 4.07. The molecule has 0 spiro atoms. The number of aliphatic hydroxyl groups is 1.